The van der Waals surface area contributed by atoms with Crippen molar-refractivity contribution in [2.24, 2.45) is 0 Å². The van der Waals surface area contributed by atoms with Crippen molar-refractivity contribution in [1.82, 2.24) is 9.88 Å². The molecule has 1 aliphatic heterocycles. The maximum Gasteiger partial charge on any atom is 0.335 e. The van der Waals surface area contributed by atoms with Crippen LogP contribution in [0.4, 0.5) is 0 Å². The standard InChI is InChI=1S/C21H18N2O4/c1-27-14-5-6-15-13(7-9-22-19(15)11-14)12-23-10-8-16-17(20(23)24)3-2-4-18(16)21(25)26/h2-7,9,11H,8,10,12H2,1H3,(H,25,26). The fourth-order valence-corrected chi connectivity index (χ4v) is 3.58. The van der Waals surface area contributed by atoms with Gasteiger partial charge in [-0.3, -0.25) is 9.78 Å². The Morgan fingerprint density at radius 3 is 2.89 bits per heavy atom. The molecule has 0 saturated heterocycles. The summed E-state index contributed by atoms with van der Waals surface area (Å²) in [5, 5.41) is 10.3. The molecule has 136 valence electrons. The number of ether oxygens (including phenoxy) is 1. The highest BCUT2D eigenvalue weighted by molar-refractivity contribution is 6.01. The summed E-state index contributed by atoms with van der Waals surface area (Å²) in [5.74, 6) is -0.406. The molecule has 3 aromatic rings. The minimum Gasteiger partial charge on any atom is -0.497 e. The first-order valence-corrected chi connectivity index (χ1v) is 8.64. The van der Waals surface area contributed by atoms with Crippen molar-refractivity contribution in [3.63, 3.8) is 0 Å². The van der Waals surface area contributed by atoms with Gasteiger partial charge in [0.25, 0.3) is 5.91 Å². The molecule has 0 fully saturated rings. The molecular weight excluding hydrogens is 344 g/mol. The number of aromatic nitrogens is 1. The number of nitrogens with zero attached hydrogens (tertiary/aromatic N) is 2. The van der Waals surface area contributed by atoms with E-state index in [-0.39, 0.29) is 11.5 Å². The second kappa shape index (κ2) is 6.72. The zero-order valence-corrected chi connectivity index (χ0v) is 14.8. The highest BCUT2D eigenvalue weighted by Gasteiger charge is 2.28. The molecule has 0 atom stereocenters. The van der Waals surface area contributed by atoms with E-state index in [0.29, 0.717) is 30.6 Å². The Kier molecular flexibility index (Phi) is 4.24. The lowest BCUT2D eigenvalue weighted by atomic mass is 9.93. The number of benzene rings is 2. The van der Waals surface area contributed by atoms with Gasteiger partial charge in [-0.1, -0.05) is 6.07 Å². The Morgan fingerprint density at radius 1 is 1.26 bits per heavy atom. The van der Waals surface area contributed by atoms with Gasteiger partial charge in [0.05, 0.1) is 18.2 Å². The van der Waals surface area contributed by atoms with Crippen LogP contribution < -0.4 is 4.74 Å². The lowest BCUT2D eigenvalue weighted by Gasteiger charge is -2.29. The molecule has 2 heterocycles. The second-order valence-electron chi connectivity index (χ2n) is 6.47. The van der Waals surface area contributed by atoms with Crippen LogP contribution in [0.5, 0.6) is 5.75 Å². The number of amides is 1. The van der Waals surface area contributed by atoms with Crippen LogP contribution in [-0.4, -0.2) is 40.5 Å². The minimum absolute atomic E-state index is 0.141. The lowest BCUT2D eigenvalue weighted by molar-refractivity contribution is 0.0692. The van der Waals surface area contributed by atoms with Crippen molar-refractivity contribution < 1.29 is 19.4 Å². The van der Waals surface area contributed by atoms with Crippen LogP contribution in [0.15, 0.2) is 48.7 Å². The quantitative estimate of drug-likeness (QED) is 0.771. The average molecular weight is 362 g/mol. The molecule has 1 amide bonds. The fourth-order valence-electron chi connectivity index (χ4n) is 3.58. The summed E-state index contributed by atoms with van der Waals surface area (Å²) in [5.41, 5.74) is 3.11. The number of fused-ring (bicyclic) bond motifs is 2. The van der Waals surface area contributed by atoms with Gasteiger partial charge >= 0.3 is 5.97 Å². The number of hydrogen-bond acceptors (Lipinski definition) is 4. The van der Waals surface area contributed by atoms with Gasteiger partial charge in [-0.2, -0.15) is 0 Å². The Bertz CT molecular complexity index is 1060. The molecule has 1 aliphatic rings. The predicted molar refractivity (Wildman–Crippen MR) is 100 cm³/mol. The second-order valence-corrected chi connectivity index (χ2v) is 6.47. The third-order valence-electron chi connectivity index (χ3n) is 4.96. The third-order valence-corrected chi connectivity index (χ3v) is 4.96. The topological polar surface area (TPSA) is 79.7 Å². The summed E-state index contributed by atoms with van der Waals surface area (Å²) in [4.78, 5) is 30.5. The van der Waals surface area contributed by atoms with E-state index in [4.69, 9.17) is 4.74 Å². The Hall–Kier alpha value is -3.41. The summed E-state index contributed by atoms with van der Waals surface area (Å²) in [6, 6.07) is 12.5. The minimum atomic E-state index is -0.998. The Morgan fingerprint density at radius 2 is 2.11 bits per heavy atom. The van der Waals surface area contributed by atoms with Gasteiger partial charge in [0, 0.05) is 36.3 Å². The lowest BCUT2D eigenvalue weighted by Crippen LogP contribution is -2.37. The molecule has 6 nitrogen and oxygen atoms in total. The molecule has 0 aliphatic carbocycles. The molecule has 6 heteroatoms. The highest BCUT2D eigenvalue weighted by Crippen LogP contribution is 2.27. The average Bonchev–Trinajstić information content (AvgIpc) is 2.69. The smallest absolute Gasteiger partial charge is 0.335 e. The van der Waals surface area contributed by atoms with E-state index in [1.807, 2.05) is 24.3 Å². The fraction of sp³-hybridized carbons (Fsp3) is 0.190. The van der Waals surface area contributed by atoms with Crippen LogP contribution in [-0.2, 0) is 13.0 Å². The Labute approximate surface area is 156 Å². The molecule has 0 saturated carbocycles. The number of pyridine rings is 1. The third kappa shape index (κ3) is 2.99. The zero-order chi connectivity index (χ0) is 19.0. The van der Waals surface area contributed by atoms with Crippen molar-refractivity contribution >= 4 is 22.8 Å². The van der Waals surface area contributed by atoms with Gasteiger partial charge in [0.2, 0.25) is 0 Å². The SMILES string of the molecule is COc1ccc2c(CN3CCc4c(C(=O)O)cccc4C3=O)ccnc2c1. The van der Waals surface area contributed by atoms with Gasteiger partial charge in [-0.05, 0) is 47.9 Å². The number of rotatable bonds is 4. The summed E-state index contributed by atoms with van der Waals surface area (Å²) < 4.78 is 5.25. The summed E-state index contributed by atoms with van der Waals surface area (Å²) >= 11 is 0. The first-order chi connectivity index (χ1) is 13.1. The van der Waals surface area contributed by atoms with E-state index in [1.54, 1.807) is 36.4 Å². The first kappa shape index (κ1) is 17.0. The molecule has 27 heavy (non-hydrogen) atoms. The van der Waals surface area contributed by atoms with Gasteiger partial charge in [0.1, 0.15) is 5.75 Å². The number of carbonyl (C=O) groups excluding carboxylic acids is 1. The normalized spacial score (nSPS) is 13.5. The van der Waals surface area contributed by atoms with Crippen LogP contribution in [0.2, 0.25) is 0 Å². The van der Waals surface area contributed by atoms with E-state index in [1.165, 1.54) is 0 Å². The van der Waals surface area contributed by atoms with E-state index in [2.05, 4.69) is 4.98 Å². The van der Waals surface area contributed by atoms with Crippen LogP contribution in [0.3, 0.4) is 0 Å². The number of hydrogen-bond donors (Lipinski definition) is 1. The summed E-state index contributed by atoms with van der Waals surface area (Å²) in [6.07, 6.45) is 2.25. The van der Waals surface area contributed by atoms with Crippen LogP contribution in [0.25, 0.3) is 10.9 Å². The van der Waals surface area contributed by atoms with Crippen LogP contribution >= 0.6 is 0 Å². The summed E-state index contributed by atoms with van der Waals surface area (Å²) in [6.45, 7) is 0.928. The monoisotopic (exact) mass is 362 g/mol. The molecule has 4 rings (SSSR count). The largest absolute Gasteiger partial charge is 0.497 e. The van der Waals surface area contributed by atoms with Crippen molar-refractivity contribution in [2.75, 3.05) is 13.7 Å². The van der Waals surface area contributed by atoms with E-state index in [9.17, 15) is 14.7 Å². The molecule has 0 radical (unpaired) electrons. The molecule has 0 bridgehead atoms. The van der Waals surface area contributed by atoms with Crippen LogP contribution in [0, 0.1) is 0 Å². The van der Waals surface area contributed by atoms with Gasteiger partial charge < -0.3 is 14.7 Å². The number of carboxylic acid groups (broad SMARTS) is 1. The van der Waals surface area contributed by atoms with Crippen molar-refractivity contribution in [3.05, 3.63) is 70.9 Å². The molecule has 1 aromatic heterocycles. The van der Waals surface area contributed by atoms with Crippen molar-refractivity contribution in [3.8, 4) is 5.75 Å². The number of aromatic carboxylic acids is 1. The van der Waals surface area contributed by atoms with Crippen LogP contribution in [0.1, 0.15) is 31.8 Å². The number of carbonyl (C=O) groups is 2. The van der Waals surface area contributed by atoms with Crippen molar-refractivity contribution in [2.45, 2.75) is 13.0 Å². The molecule has 2 aromatic carbocycles. The maximum atomic E-state index is 12.9. The number of methoxy groups -OCH3 is 1. The van der Waals surface area contributed by atoms with Gasteiger partial charge in [0.15, 0.2) is 0 Å². The Balaban J connectivity index is 1.67. The molecule has 0 spiro atoms. The first-order valence-electron chi connectivity index (χ1n) is 8.64. The van der Waals surface area contributed by atoms with E-state index < -0.39 is 5.97 Å². The van der Waals surface area contributed by atoms with Gasteiger partial charge in [-0.15, -0.1) is 0 Å². The maximum absolute atomic E-state index is 12.9. The number of carboxylic acids is 1. The molecule has 0 unspecified atom stereocenters. The predicted octanol–water partition coefficient (Wildman–Crippen LogP) is 3.14. The molecule has 1 N–H and O–H groups in total. The summed E-state index contributed by atoms with van der Waals surface area (Å²) in [7, 11) is 1.61. The molecular formula is C21H18N2O4. The highest BCUT2D eigenvalue weighted by atomic mass is 16.5. The van der Waals surface area contributed by atoms with Crippen molar-refractivity contribution in [1.29, 1.82) is 0 Å². The van der Waals surface area contributed by atoms with E-state index >= 15 is 0 Å². The van der Waals surface area contributed by atoms with E-state index in [0.717, 1.165) is 22.2 Å². The zero-order valence-electron chi connectivity index (χ0n) is 14.8. The van der Waals surface area contributed by atoms with Gasteiger partial charge in [-0.25, -0.2) is 4.79 Å².